The third-order valence-electron chi connectivity index (χ3n) is 1.21. The van der Waals surface area contributed by atoms with Crippen LogP contribution in [0.2, 0.25) is 5.02 Å². The van der Waals surface area contributed by atoms with Gasteiger partial charge in [0.2, 0.25) is 0 Å². The van der Waals surface area contributed by atoms with Crippen LogP contribution >= 0.6 is 19.9 Å². The van der Waals surface area contributed by atoms with Crippen molar-refractivity contribution >= 4 is 19.9 Å². The van der Waals surface area contributed by atoms with Crippen LogP contribution in [-0.2, 0) is 4.57 Å². The smallest absolute Gasteiger partial charge is 0.507 e. The van der Waals surface area contributed by atoms with Gasteiger partial charge in [-0.05, 0) is 12.1 Å². The van der Waals surface area contributed by atoms with Gasteiger partial charge in [0.1, 0.15) is 28.2 Å². The predicted molar refractivity (Wildman–Crippen MR) is 51.5 cm³/mol. The van der Waals surface area contributed by atoms with Crippen LogP contribution in [0.1, 0.15) is 5.56 Å². The van der Waals surface area contributed by atoms with Crippen molar-refractivity contribution in [1.29, 1.82) is 5.26 Å². The molecular weight excluding hydrogens is 245 g/mol. The van der Waals surface area contributed by atoms with Gasteiger partial charge in [-0.3, -0.25) is 0 Å². The molecule has 0 radical (unpaired) electrons. The van der Waals surface area contributed by atoms with E-state index in [2.05, 4.69) is 0 Å². The summed E-state index contributed by atoms with van der Waals surface area (Å²) in [4.78, 5) is 14.2. The highest BCUT2D eigenvalue weighted by molar-refractivity contribution is 7.30. The fraction of sp³-hybridized carbons (Fsp3) is 0. The van der Waals surface area contributed by atoms with Gasteiger partial charge in [-0.1, -0.05) is 11.6 Å². The molecule has 8 heteroatoms. The molecule has 1 rings (SSSR count). The average Bonchev–Trinajstić information content (AvgIpc) is 2.12. The Labute approximate surface area is 90.6 Å². The maximum Gasteiger partial charge on any atom is 0.692 e. The molecule has 0 amide bonds. The maximum absolute atomic E-state index is 9.00. The quantitative estimate of drug-likeness (QED) is 0.406. The van der Waals surface area contributed by atoms with E-state index in [0.717, 1.165) is 0 Å². The number of nitriles is 1. The summed E-state index contributed by atoms with van der Waals surface area (Å²) < 4.78 is 8.70. The van der Waals surface area contributed by atoms with Gasteiger partial charge in [-0.2, -0.15) is 5.26 Å². The van der Waals surface area contributed by atoms with Crippen LogP contribution in [0.25, 0.3) is 0 Å². The van der Waals surface area contributed by atoms with Gasteiger partial charge >= 0.3 is 8.25 Å². The third kappa shape index (κ3) is 4.58. The van der Waals surface area contributed by atoms with E-state index in [1.807, 2.05) is 0 Å². The first-order valence-corrected chi connectivity index (χ1v) is 4.90. The van der Waals surface area contributed by atoms with Crippen molar-refractivity contribution in [3.8, 4) is 17.6 Å². The number of phenolic OH excluding ortho intramolecular Hbond substituents is 2. The van der Waals surface area contributed by atoms with Crippen LogP contribution in [0.4, 0.5) is 0 Å². The Bertz CT molecular complexity index is 413. The van der Waals surface area contributed by atoms with E-state index in [9.17, 15) is 0 Å². The molecule has 15 heavy (non-hydrogen) atoms. The number of aromatic hydroxyl groups is 2. The lowest BCUT2D eigenvalue weighted by atomic mass is 10.2. The van der Waals surface area contributed by atoms with Crippen molar-refractivity contribution in [2.45, 2.75) is 0 Å². The number of benzene rings is 1. The number of hydrogen-bond donors (Lipinski definition) is 4. The number of halogens is 1. The summed E-state index contributed by atoms with van der Waals surface area (Å²) in [7, 11) is -2.87. The Morgan fingerprint density at radius 1 is 1.27 bits per heavy atom. The summed E-state index contributed by atoms with van der Waals surface area (Å²) in [5.74, 6) is -0.434. The largest absolute Gasteiger partial charge is 0.692 e. The van der Waals surface area contributed by atoms with Crippen molar-refractivity contribution < 1.29 is 24.6 Å². The minimum absolute atomic E-state index is 0.105. The topological polar surface area (TPSA) is 122 Å². The van der Waals surface area contributed by atoms with Crippen LogP contribution in [0.5, 0.6) is 11.5 Å². The summed E-state index contributed by atoms with van der Waals surface area (Å²) in [6.07, 6.45) is 0. The van der Waals surface area contributed by atoms with Gasteiger partial charge in [-0.25, -0.2) is 0 Å². The predicted octanol–water partition coefficient (Wildman–Crippen LogP) is 1.25. The normalized spacial score (nSPS) is 8.40. The molecule has 0 unspecified atom stereocenters. The van der Waals surface area contributed by atoms with E-state index in [1.165, 1.54) is 12.1 Å². The van der Waals surface area contributed by atoms with Crippen LogP contribution in [-0.4, -0.2) is 20.0 Å². The van der Waals surface area contributed by atoms with Crippen molar-refractivity contribution in [2.75, 3.05) is 0 Å². The molecule has 1 aromatic rings. The fourth-order valence-electron chi connectivity index (χ4n) is 0.661. The Morgan fingerprint density at radius 3 is 2.00 bits per heavy atom. The lowest BCUT2D eigenvalue weighted by Crippen LogP contribution is -1.78. The Hall–Kier alpha value is -1.38. The van der Waals surface area contributed by atoms with Gasteiger partial charge in [0.15, 0.2) is 0 Å². The van der Waals surface area contributed by atoms with E-state index in [1.54, 1.807) is 6.07 Å². The van der Waals surface area contributed by atoms with Crippen molar-refractivity contribution in [2.24, 2.45) is 0 Å². The fourth-order valence-corrected chi connectivity index (χ4v) is 0.863. The van der Waals surface area contributed by atoms with Crippen molar-refractivity contribution in [1.82, 2.24) is 0 Å². The molecule has 0 fully saturated rings. The first-order chi connectivity index (χ1) is 6.90. The van der Waals surface area contributed by atoms with Gasteiger partial charge in [0.05, 0.1) is 0 Å². The SMILES string of the molecule is N#Cc1c(O)ccc(O)c1Cl.O=[P+](O)O. The second-order valence-corrected chi connectivity index (χ2v) is 3.04. The number of rotatable bonds is 0. The highest BCUT2D eigenvalue weighted by atomic mass is 35.5. The lowest BCUT2D eigenvalue weighted by molar-refractivity contribution is 0.405. The molecular formula is C7H6ClNO5P+. The molecule has 6 nitrogen and oxygen atoms in total. The van der Waals surface area contributed by atoms with Gasteiger partial charge in [0, 0.05) is 4.57 Å². The maximum atomic E-state index is 9.00. The molecule has 0 heterocycles. The Balaban J connectivity index is 0.000000423. The average molecular weight is 251 g/mol. The third-order valence-corrected chi connectivity index (χ3v) is 1.59. The number of hydrogen-bond acceptors (Lipinski definition) is 4. The monoisotopic (exact) mass is 250 g/mol. The number of nitrogens with zero attached hydrogens (tertiary/aromatic N) is 1. The Morgan fingerprint density at radius 2 is 1.67 bits per heavy atom. The van der Waals surface area contributed by atoms with Crippen LogP contribution < -0.4 is 0 Å². The summed E-state index contributed by atoms with van der Waals surface area (Å²) in [5, 5.41) is 26.3. The van der Waals surface area contributed by atoms with Crippen molar-refractivity contribution in [3.63, 3.8) is 0 Å². The zero-order valence-electron chi connectivity index (χ0n) is 7.12. The summed E-state index contributed by atoms with van der Waals surface area (Å²) in [5.41, 5.74) is -0.105. The molecule has 80 valence electrons. The van der Waals surface area contributed by atoms with Crippen molar-refractivity contribution in [3.05, 3.63) is 22.7 Å². The first-order valence-electron chi connectivity index (χ1n) is 3.35. The minimum atomic E-state index is -2.87. The zero-order chi connectivity index (χ0) is 12.0. The second kappa shape index (κ2) is 6.17. The highest BCUT2D eigenvalue weighted by Crippen LogP contribution is 2.32. The van der Waals surface area contributed by atoms with E-state index in [4.69, 9.17) is 41.4 Å². The summed E-state index contributed by atoms with van der Waals surface area (Å²) in [6.45, 7) is 0. The molecule has 0 aromatic heterocycles. The van der Waals surface area contributed by atoms with E-state index >= 15 is 0 Å². The standard InChI is InChI=1S/C7H4ClNO2.HO3P/c8-7-4(3-9)5(10)1-2-6(7)11;1-4(2)3/h1-2,10-11H;(H-,1,2,3)/p+1. The number of phenols is 2. The summed E-state index contributed by atoms with van der Waals surface area (Å²) in [6, 6.07) is 4.09. The molecule has 4 N–H and O–H groups in total. The Kier molecular flexibility index (Phi) is 5.60. The van der Waals surface area contributed by atoms with Crippen LogP contribution in [0, 0.1) is 11.3 Å². The lowest BCUT2D eigenvalue weighted by Gasteiger charge is -1.99. The van der Waals surface area contributed by atoms with E-state index in [0.29, 0.717) is 0 Å². The molecule has 0 spiro atoms. The van der Waals surface area contributed by atoms with Crippen LogP contribution in [0.15, 0.2) is 12.1 Å². The molecule has 0 saturated carbocycles. The molecule has 0 aliphatic carbocycles. The van der Waals surface area contributed by atoms with Gasteiger partial charge in [-0.15, -0.1) is 9.79 Å². The van der Waals surface area contributed by atoms with Crippen LogP contribution in [0.3, 0.4) is 0 Å². The van der Waals surface area contributed by atoms with E-state index < -0.39 is 8.25 Å². The highest BCUT2D eigenvalue weighted by Gasteiger charge is 2.08. The zero-order valence-corrected chi connectivity index (χ0v) is 8.77. The second-order valence-electron chi connectivity index (χ2n) is 2.16. The van der Waals surface area contributed by atoms with E-state index in [-0.39, 0.29) is 22.1 Å². The van der Waals surface area contributed by atoms with Gasteiger partial charge in [0.25, 0.3) is 0 Å². The molecule has 0 bridgehead atoms. The minimum Gasteiger partial charge on any atom is -0.507 e. The summed E-state index contributed by atoms with van der Waals surface area (Å²) >= 11 is 5.47. The molecule has 0 aliphatic heterocycles. The molecule has 1 aromatic carbocycles. The first kappa shape index (κ1) is 13.6. The van der Waals surface area contributed by atoms with Gasteiger partial charge < -0.3 is 10.2 Å². The molecule has 0 aliphatic rings. The molecule has 0 saturated heterocycles. The molecule has 0 atom stereocenters.